The van der Waals surface area contributed by atoms with Crippen LogP contribution < -0.4 is 0 Å². The number of esters is 1. The molecule has 2 rings (SSSR count). The fourth-order valence-corrected chi connectivity index (χ4v) is 4.47. The van der Waals surface area contributed by atoms with Crippen molar-refractivity contribution in [3.05, 3.63) is 11.1 Å². The third-order valence-corrected chi connectivity index (χ3v) is 5.89. The molecule has 0 N–H and O–H groups in total. The lowest BCUT2D eigenvalue weighted by molar-refractivity contribution is -0.163. The Morgan fingerprint density at radius 1 is 1.28 bits per heavy atom. The lowest BCUT2D eigenvalue weighted by atomic mass is 9.50. The maximum atomic E-state index is 12.2. The highest BCUT2D eigenvalue weighted by molar-refractivity contribution is 5.77. The molecular formula is C16H26O2. The normalized spacial score (nSPS) is 40.4. The molecule has 0 aromatic heterocycles. The number of allylic oxidation sites excluding steroid dienone is 2. The minimum atomic E-state index is -0.288. The average molecular weight is 250 g/mol. The first-order valence-corrected chi connectivity index (χ1v) is 7.11. The topological polar surface area (TPSA) is 26.3 Å². The SMILES string of the molecule is COC(=O)[C@@]1(C)CCC[C@]2(C)C(C)=C(C)CCC12. The monoisotopic (exact) mass is 250 g/mol. The smallest absolute Gasteiger partial charge is 0.311 e. The second-order valence-corrected chi connectivity index (χ2v) is 6.68. The van der Waals surface area contributed by atoms with E-state index in [1.54, 1.807) is 0 Å². The van der Waals surface area contributed by atoms with E-state index in [9.17, 15) is 4.79 Å². The molecule has 2 nitrogen and oxygen atoms in total. The zero-order chi connectivity index (χ0) is 13.6. The Morgan fingerprint density at radius 2 is 1.94 bits per heavy atom. The van der Waals surface area contributed by atoms with Crippen LogP contribution in [0.5, 0.6) is 0 Å². The van der Waals surface area contributed by atoms with Crippen LogP contribution in [0.25, 0.3) is 0 Å². The zero-order valence-corrected chi connectivity index (χ0v) is 12.4. The second-order valence-electron chi connectivity index (χ2n) is 6.68. The molecule has 1 saturated carbocycles. The molecule has 2 heteroatoms. The number of hydrogen-bond donors (Lipinski definition) is 0. The number of rotatable bonds is 1. The zero-order valence-electron chi connectivity index (χ0n) is 12.4. The summed E-state index contributed by atoms with van der Waals surface area (Å²) in [6.45, 7) is 9.00. The van der Waals surface area contributed by atoms with Crippen LogP contribution in [0.1, 0.15) is 59.8 Å². The van der Waals surface area contributed by atoms with Gasteiger partial charge in [-0.05, 0) is 57.8 Å². The van der Waals surface area contributed by atoms with Gasteiger partial charge in [-0.3, -0.25) is 4.79 Å². The molecule has 0 aliphatic heterocycles. The van der Waals surface area contributed by atoms with Gasteiger partial charge < -0.3 is 4.74 Å². The molecule has 2 aliphatic carbocycles. The van der Waals surface area contributed by atoms with E-state index in [1.165, 1.54) is 24.7 Å². The van der Waals surface area contributed by atoms with Gasteiger partial charge in [0, 0.05) is 0 Å². The number of carbonyl (C=O) groups excluding carboxylic acids is 1. The predicted molar refractivity (Wildman–Crippen MR) is 73.2 cm³/mol. The molecule has 102 valence electrons. The minimum absolute atomic E-state index is 0.00854. The highest BCUT2D eigenvalue weighted by Crippen LogP contribution is 2.59. The first-order valence-electron chi connectivity index (χ1n) is 7.11. The predicted octanol–water partition coefficient (Wildman–Crippen LogP) is 4.10. The summed E-state index contributed by atoms with van der Waals surface area (Å²) in [5.74, 6) is 0.431. The van der Waals surface area contributed by atoms with Crippen molar-refractivity contribution in [2.24, 2.45) is 16.7 Å². The molecule has 0 bridgehead atoms. The van der Waals surface area contributed by atoms with Crippen molar-refractivity contribution in [3.8, 4) is 0 Å². The van der Waals surface area contributed by atoms with E-state index in [4.69, 9.17) is 4.74 Å². The van der Waals surface area contributed by atoms with Crippen LogP contribution in [-0.2, 0) is 9.53 Å². The van der Waals surface area contributed by atoms with E-state index in [2.05, 4.69) is 27.7 Å². The van der Waals surface area contributed by atoms with Gasteiger partial charge in [0.05, 0.1) is 12.5 Å². The van der Waals surface area contributed by atoms with Crippen LogP contribution in [0.15, 0.2) is 11.1 Å². The first-order chi connectivity index (χ1) is 8.36. The van der Waals surface area contributed by atoms with Gasteiger partial charge >= 0.3 is 5.97 Å². The lowest BCUT2D eigenvalue weighted by Crippen LogP contribution is -2.50. The standard InChI is InChI=1S/C16H26O2/c1-11-7-8-13-15(3,12(11)2)9-6-10-16(13,4)14(17)18-5/h13H,6-10H2,1-5H3/t13?,15-,16+/m1/s1. The van der Waals surface area contributed by atoms with Crippen LogP contribution >= 0.6 is 0 Å². The molecule has 1 fully saturated rings. The van der Waals surface area contributed by atoms with Gasteiger partial charge in [-0.15, -0.1) is 0 Å². The largest absolute Gasteiger partial charge is 0.469 e. The Labute approximate surface area is 111 Å². The average Bonchev–Trinajstić information content (AvgIpc) is 2.34. The summed E-state index contributed by atoms with van der Waals surface area (Å²) in [5, 5.41) is 0. The van der Waals surface area contributed by atoms with E-state index >= 15 is 0 Å². The van der Waals surface area contributed by atoms with Crippen LogP contribution in [-0.4, -0.2) is 13.1 Å². The first kappa shape index (κ1) is 13.6. The van der Waals surface area contributed by atoms with Gasteiger partial charge in [-0.25, -0.2) is 0 Å². The molecule has 0 saturated heterocycles. The highest BCUT2D eigenvalue weighted by Gasteiger charge is 2.55. The quantitative estimate of drug-likeness (QED) is 0.517. The fourth-order valence-electron chi connectivity index (χ4n) is 4.47. The van der Waals surface area contributed by atoms with Crippen molar-refractivity contribution in [1.82, 2.24) is 0 Å². The summed E-state index contributed by atoms with van der Waals surface area (Å²) >= 11 is 0. The number of fused-ring (bicyclic) bond motifs is 1. The van der Waals surface area contributed by atoms with Crippen molar-refractivity contribution in [2.75, 3.05) is 7.11 Å². The number of ether oxygens (including phenoxy) is 1. The highest BCUT2D eigenvalue weighted by atomic mass is 16.5. The number of methoxy groups -OCH3 is 1. The van der Waals surface area contributed by atoms with Gasteiger partial charge in [0.15, 0.2) is 0 Å². The van der Waals surface area contributed by atoms with Gasteiger partial charge in [-0.2, -0.15) is 0 Å². The molecule has 2 aliphatic rings. The molecule has 0 heterocycles. The Morgan fingerprint density at radius 3 is 2.56 bits per heavy atom. The second kappa shape index (κ2) is 4.40. The fraction of sp³-hybridized carbons (Fsp3) is 0.812. The molecule has 0 aromatic carbocycles. The summed E-state index contributed by atoms with van der Waals surface area (Å²) in [4.78, 5) is 12.2. The molecule has 0 aromatic rings. The molecule has 18 heavy (non-hydrogen) atoms. The minimum Gasteiger partial charge on any atom is -0.469 e. The van der Waals surface area contributed by atoms with Gasteiger partial charge in [0.1, 0.15) is 0 Å². The van der Waals surface area contributed by atoms with Crippen LogP contribution in [0.2, 0.25) is 0 Å². The molecule has 0 radical (unpaired) electrons. The Hall–Kier alpha value is -0.790. The maximum Gasteiger partial charge on any atom is 0.311 e. The summed E-state index contributed by atoms with van der Waals surface area (Å²) in [6.07, 6.45) is 5.59. The van der Waals surface area contributed by atoms with E-state index in [-0.39, 0.29) is 16.8 Å². The molecular weight excluding hydrogens is 224 g/mol. The molecule has 3 atom stereocenters. The number of hydrogen-bond acceptors (Lipinski definition) is 2. The van der Waals surface area contributed by atoms with Crippen molar-refractivity contribution in [1.29, 1.82) is 0 Å². The van der Waals surface area contributed by atoms with Crippen molar-refractivity contribution < 1.29 is 9.53 Å². The van der Waals surface area contributed by atoms with Crippen molar-refractivity contribution >= 4 is 5.97 Å². The summed E-state index contributed by atoms with van der Waals surface area (Å²) in [7, 11) is 1.52. The van der Waals surface area contributed by atoms with Gasteiger partial charge in [0.2, 0.25) is 0 Å². The van der Waals surface area contributed by atoms with E-state index in [1.807, 2.05) is 0 Å². The third-order valence-electron chi connectivity index (χ3n) is 5.89. The van der Waals surface area contributed by atoms with Gasteiger partial charge in [0.25, 0.3) is 0 Å². The van der Waals surface area contributed by atoms with Crippen LogP contribution in [0.4, 0.5) is 0 Å². The van der Waals surface area contributed by atoms with Gasteiger partial charge in [-0.1, -0.05) is 24.5 Å². The Bertz CT molecular complexity index is 396. The van der Waals surface area contributed by atoms with E-state index < -0.39 is 0 Å². The maximum absolute atomic E-state index is 12.2. The summed E-state index contributed by atoms with van der Waals surface area (Å²) < 4.78 is 5.09. The summed E-state index contributed by atoms with van der Waals surface area (Å²) in [6, 6.07) is 0. The number of carbonyl (C=O) groups is 1. The molecule has 0 spiro atoms. The molecule has 1 unspecified atom stereocenters. The Balaban J connectivity index is 2.44. The Kier molecular flexibility index (Phi) is 3.33. The lowest BCUT2D eigenvalue weighted by Gasteiger charge is -2.54. The summed E-state index contributed by atoms with van der Waals surface area (Å²) in [5.41, 5.74) is 2.96. The van der Waals surface area contributed by atoms with E-state index in [0.29, 0.717) is 5.92 Å². The molecule has 0 amide bonds. The van der Waals surface area contributed by atoms with Crippen LogP contribution in [0.3, 0.4) is 0 Å². The van der Waals surface area contributed by atoms with Crippen molar-refractivity contribution in [3.63, 3.8) is 0 Å². The van der Waals surface area contributed by atoms with Crippen molar-refractivity contribution in [2.45, 2.75) is 59.8 Å². The van der Waals surface area contributed by atoms with E-state index in [0.717, 1.165) is 25.7 Å². The van der Waals surface area contributed by atoms with Crippen LogP contribution in [0, 0.1) is 16.7 Å². The third kappa shape index (κ3) is 1.72.